The number of aromatic nitrogens is 2. The van der Waals surface area contributed by atoms with Gasteiger partial charge in [0.1, 0.15) is 47.7 Å². The van der Waals surface area contributed by atoms with Gasteiger partial charge in [0.05, 0.1) is 24.3 Å². The van der Waals surface area contributed by atoms with Crippen molar-refractivity contribution in [3.05, 3.63) is 119 Å². The molecular formula is C59H71F4N9O10. The lowest BCUT2D eigenvalue weighted by Crippen LogP contribution is -2.62. The van der Waals surface area contributed by atoms with Crippen LogP contribution in [0.1, 0.15) is 109 Å². The van der Waals surface area contributed by atoms with E-state index < -0.39 is 125 Å². The summed E-state index contributed by atoms with van der Waals surface area (Å²) in [7, 11) is 0. The number of hydrogen-bond donors (Lipinski definition) is 5. The van der Waals surface area contributed by atoms with Crippen LogP contribution in [0.5, 0.6) is 0 Å². The highest BCUT2D eigenvalue weighted by molar-refractivity contribution is 6.16. The van der Waals surface area contributed by atoms with Crippen molar-refractivity contribution in [1.29, 1.82) is 0 Å². The number of ketones is 1. The number of ether oxygens (including phenoxy) is 1. The van der Waals surface area contributed by atoms with Crippen molar-refractivity contribution in [1.82, 2.24) is 34.9 Å². The molecule has 440 valence electrons. The molecule has 1 saturated carbocycles. The molecule has 0 unspecified atom stereocenters. The lowest BCUT2D eigenvalue weighted by molar-refractivity contribution is -0.153. The van der Waals surface area contributed by atoms with Gasteiger partial charge < -0.3 is 45.9 Å². The summed E-state index contributed by atoms with van der Waals surface area (Å²) in [6.45, 7) is 8.97. The van der Waals surface area contributed by atoms with E-state index in [-0.39, 0.29) is 82.0 Å². The number of benzene rings is 3. The fraction of sp³-hybridized carbons (Fsp3) is 0.475. The quantitative estimate of drug-likeness (QED) is 0.0281. The third-order valence-corrected chi connectivity index (χ3v) is 15.1. The number of amides is 8. The number of primary amides is 1. The van der Waals surface area contributed by atoms with E-state index >= 15 is 8.78 Å². The number of alkyl halides is 1. The zero-order chi connectivity index (χ0) is 59.8. The molecule has 0 spiro atoms. The molecule has 19 nitrogen and oxygen atoms in total. The van der Waals surface area contributed by atoms with Crippen molar-refractivity contribution in [2.45, 2.75) is 130 Å². The van der Waals surface area contributed by atoms with E-state index in [1.807, 2.05) is 0 Å². The number of halogens is 4. The highest BCUT2D eigenvalue weighted by Crippen LogP contribution is 2.42. The van der Waals surface area contributed by atoms with Gasteiger partial charge in [-0.25, -0.2) is 32.1 Å². The van der Waals surface area contributed by atoms with Gasteiger partial charge in [-0.3, -0.25) is 33.7 Å². The molecule has 6 atom stereocenters. The minimum atomic E-state index is -1.67. The fourth-order valence-electron chi connectivity index (χ4n) is 11.0. The van der Waals surface area contributed by atoms with Gasteiger partial charge in [0.2, 0.25) is 11.8 Å². The van der Waals surface area contributed by atoms with Crippen molar-refractivity contribution in [2.75, 3.05) is 31.5 Å². The van der Waals surface area contributed by atoms with E-state index in [9.17, 15) is 52.2 Å². The van der Waals surface area contributed by atoms with E-state index in [0.717, 1.165) is 40.2 Å². The van der Waals surface area contributed by atoms with Crippen LogP contribution in [0, 0.1) is 40.6 Å². The standard InChI is InChI=1S/C59H71F4N9O10/c1-34(2)50(68-55(79)59(22-7-8-23-59)72-48(75)20-21-49(72)76)47(74)26-38(12-10-24-65-56(64)80)53(77)66-42-17-14-36(15-18-42)33-82-57(81)70-29-39(45(63)31-70)30-71(54(78)35(3)73)51(58(4,5)6)52-67-46(43-27-41(61)16-19-44(43)62)32-69(52)28-37-11-9-13-40(60)25-37/h9,11,13-21,25,27,32,34-35,38-39,45,50-51,73H,7-8,10,12,22-24,26,28-31,33H2,1-6H3,(H,66,77)(H,68,79)(H3,64,65,80)/t35-,38+,39-,45-,50-,51-/m0/s1. The largest absolute Gasteiger partial charge is 0.445 e. The Morgan fingerprint density at radius 2 is 1.57 bits per heavy atom. The number of rotatable bonds is 23. The first kappa shape index (κ1) is 61.7. The maximum absolute atomic E-state index is 16.2. The van der Waals surface area contributed by atoms with Crippen LogP contribution in [0.3, 0.4) is 0 Å². The third-order valence-electron chi connectivity index (χ3n) is 15.1. The molecule has 3 heterocycles. The van der Waals surface area contributed by atoms with E-state index in [1.54, 1.807) is 69.5 Å². The highest BCUT2D eigenvalue weighted by Gasteiger charge is 2.53. The predicted molar refractivity (Wildman–Crippen MR) is 293 cm³/mol. The van der Waals surface area contributed by atoms with E-state index in [4.69, 9.17) is 15.5 Å². The second-order valence-corrected chi connectivity index (χ2v) is 22.8. The highest BCUT2D eigenvalue weighted by atomic mass is 19.1. The van der Waals surface area contributed by atoms with Gasteiger partial charge in [0, 0.05) is 74.0 Å². The number of hydrogen-bond acceptors (Lipinski definition) is 11. The summed E-state index contributed by atoms with van der Waals surface area (Å²) in [6, 6.07) is 12.0. The molecule has 82 heavy (non-hydrogen) atoms. The summed E-state index contributed by atoms with van der Waals surface area (Å²) in [4.78, 5) is 115. The first-order valence-corrected chi connectivity index (χ1v) is 27.4. The van der Waals surface area contributed by atoms with Crippen LogP contribution in [-0.2, 0) is 46.7 Å². The number of Topliss-reactive ketones (excluding diaryl/α,β-unsaturated/α-hetero) is 1. The Hall–Kier alpha value is -7.95. The van der Waals surface area contributed by atoms with Gasteiger partial charge in [-0.05, 0) is 97.5 Å². The van der Waals surface area contributed by atoms with Gasteiger partial charge in [-0.1, -0.05) is 71.7 Å². The predicted octanol–water partition coefficient (Wildman–Crippen LogP) is 7.26. The molecule has 2 aliphatic heterocycles. The molecule has 4 aromatic rings. The number of nitrogens with zero attached hydrogens (tertiary/aromatic N) is 5. The van der Waals surface area contributed by atoms with E-state index in [0.29, 0.717) is 29.7 Å². The van der Waals surface area contributed by atoms with Crippen LogP contribution < -0.4 is 21.7 Å². The van der Waals surface area contributed by atoms with Crippen LogP contribution in [0.4, 0.5) is 32.8 Å². The Kier molecular flexibility index (Phi) is 19.8. The first-order valence-electron chi connectivity index (χ1n) is 27.4. The topological polar surface area (TPSA) is 256 Å². The number of imidazole rings is 1. The van der Waals surface area contributed by atoms with Gasteiger partial charge >= 0.3 is 12.1 Å². The number of urea groups is 1. The van der Waals surface area contributed by atoms with Crippen LogP contribution >= 0.6 is 0 Å². The van der Waals surface area contributed by atoms with Crippen molar-refractivity contribution in [2.24, 2.45) is 28.9 Å². The third kappa shape index (κ3) is 14.7. The maximum atomic E-state index is 16.2. The van der Waals surface area contributed by atoms with Crippen LogP contribution in [0.15, 0.2) is 85.1 Å². The van der Waals surface area contributed by atoms with Gasteiger partial charge in [-0.2, -0.15) is 0 Å². The molecule has 3 aliphatic rings. The molecule has 0 bridgehead atoms. The lowest BCUT2D eigenvalue weighted by atomic mass is 9.84. The van der Waals surface area contributed by atoms with Crippen LogP contribution in [0.25, 0.3) is 11.3 Å². The van der Waals surface area contributed by atoms with Gasteiger partial charge in [-0.15, -0.1) is 0 Å². The summed E-state index contributed by atoms with van der Waals surface area (Å²) < 4.78 is 67.7. The molecule has 23 heteroatoms. The molecule has 2 fully saturated rings. The number of nitrogens with two attached hydrogens (primary N) is 1. The Balaban J connectivity index is 1.01. The molecule has 8 amide bonds. The molecule has 3 aromatic carbocycles. The van der Waals surface area contributed by atoms with E-state index in [1.165, 1.54) is 36.2 Å². The minimum Gasteiger partial charge on any atom is -0.445 e. The average Bonchev–Trinajstić information content (AvgIpc) is 3.18. The monoisotopic (exact) mass is 1140 g/mol. The van der Waals surface area contributed by atoms with Gasteiger partial charge in [0.25, 0.3) is 17.7 Å². The normalized spacial score (nSPS) is 18.3. The molecule has 1 aromatic heterocycles. The Bertz CT molecular complexity index is 3050. The summed E-state index contributed by atoms with van der Waals surface area (Å²) >= 11 is 0. The lowest BCUT2D eigenvalue weighted by Gasteiger charge is -2.41. The molecular weight excluding hydrogens is 1070 g/mol. The number of imide groups is 1. The minimum absolute atomic E-state index is 0.00620. The molecule has 1 saturated heterocycles. The van der Waals surface area contributed by atoms with Crippen molar-refractivity contribution in [3.63, 3.8) is 0 Å². The number of aliphatic hydroxyl groups is 1. The SMILES string of the molecule is CC(C)[C@H](NC(=O)C1(N2C(=O)C=CC2=O)CCCC1)C(=O)C[C@@H](CCCNC(N)=O)C(=O)Nc1ccc(COC(=O)N2C[C@@H](CN(C(=O)[C@H](C)O)[C@@H](c3nc(-c4cc(F)ccc4F)cn3Cc3cccc(F)c3)C(C)(C)C)[C@@H](F)C2)cc1. The van der Waals surface area contributed by atoms with Gasteiger partial charge in [0.15, 0.2) is 5.78 Å². The summed E-state index contributed by atoms with van der Waals surface area (Å²) in [6.07, 6.45) is 1.29. The summed E-state index contributed by atoms with van der Waals surface area (Å²) in [5.41, 5.74) is 3.98. The van der Waals surface area contributed by atoms with E-state index in [2.05, 4.69) is 16.0 Å². The number of anilines is 1. The smallest absolute Gasteiger partial charge is 0.410 e. The van der Waals surface area contributed by atoms with Crippen molar-refractivity contribution in [3.8, 4) is 11.3 Å². The summed E-state index contributed by atoms with van der Waals surface area (Å²) in [5, 5.41) is 18.9. The molecule has 6 N–H and O–H groups in total. The fourth-order valence-corrected chi connectivity index (χ4v) is 11.0. The zero-order valence-electron chi connectivity index (χ0n) is 46.8. The number of likely N-dealkylation sites (tertiary alicyclic amines) is 1. The number of aliphatic hydroxyl groups excluding tert-OH is 1. The first-order chi connectivity index (χ1) is 38.8. The second-order valence-electron chi connectivity index (χ2n) is 22.8. The molecule has 0 radical (unpaired) electrons. The Labute approximate surface area is 473 Å². The number of carbonyl (C=O) groups is 8. The maximum Gasteiger partial charge on any atom is 0.410 e. The summed E-state index contributed by atoms with van der Waals surface area (Å²) in [5.74, 6) is -7.91. The number of nitrogens with one attached hydrogen (secondary N) is 3. The Morgan fingerprint density at radius 1 is 0.902 bits per heavy atom. The number of carbonyl (C=O) groups excluding carboxylic acids is 8. The van der Waals surface area contributed by atoms with Crippen molar-refractivity contribution < 1.29 is 65.8 Å². The van der Waals surface area contributed by atoms with Crippen LogP contribution in [0.2, 0.25) is 0 Å². The zero-order valence-corrected chi connectivity index (χ0v) is 46.8. The average molecular weight is 1140 g/mol. The van der Waals surface area contributed by atoms with Crippen molar-refractivity contribution >= 4 is 53.1 Å². The van der Waals surface area contributed by atoms with Crippen LogP contribution in [-0.4, -0.2) is 127 Å². The Morgan fingerprint density at radius 3 is 2.20 bits per heavy atom. The molecule has 7 rings (SSSR count). The second kappa shape index (κ2) is 26.3. The molecule has 1 aliphatic carbocycles.